The van der Waals surface area contributed by atoms with E-state index in [4.69, 9.17) is 4.74 Å². The lowest BCUT2D eigenvalue weighted by Crippen LogP contribution is -2.39. The molecule has 0 heterocycles. The number of carbonyl (C=O) groups excluding carboxylic acids is 1. The molecule has 94 valence electrons. The molecule has 0 atom stereocenters. The fraction of sp³-hybridized carbons (Fsp3) is 0.462. The van der Waals surface area contributed by atoms with Gasteiger partial charge in [-0.25, -0.2) is 0 Å². The molecule has 0 saturated heterocycles. The first-order chi connectivity index (χ1) is 7.88. The minimum absolute atomic E-state index is 0.0770. The van der Waals surface area contributed by atoms with E-state index in [1.807, 2.05) is 45.0 Å². The Hall–Kier alpha value is -0.870. The molecule has 0 amide bonds. The van der Waals surface area contributed by atoms with E-state index >= 15 is 0 Å². The van der Waals surface area contributed by atoms with E-state index in [0.717, 1.165) is 10.0 Å². The maximum absolute atomic E-state index is 11.5. The van der Waals surface area contributed by atoms with Crippen LogP contribution >= 0.6 is 15.9 Å². The van der Waals surface area contributed by atoms with Gasteiger partial charge >= 0.3 is 5.97 Å². The van der Waals surface area contributed by atoms with Crippen LogP contribution in [0.15, 0.2) is 28.7 Å². The monoisotopic (exact) mass is 299 g/mol. The van der Waals surface area contributed by atoms with Gasteiger partial charge in [-0.05, 0) is 26.8 Å². The minimum atomic E-state index is -0.240. The van der Waals surface area contributed by atoms with Crippen molar-refractivity contribution in [3.8, 4) is 0 Å². The summed E-state index contributed by atoms with van der Waals surface area (Å²) in [4.78, 5) is 11.5. The number of esters is 1. The first-order valence-electron chi connectivity index (χ1n) is 5.52. The van der Waals surface area contributed by atoms with Crippen molar-refractivity contribution in [1.29, 1.82) is 0 Å². The number of ether oxygens (including phenoxy) is 1. The highest BCUT2D eigenvalue weighted by molar-refractivity contribution is 9.10. The van der Waals surface area contributed by atoms with Gasteiger partial charge in [0, 0.05) is 15.6 Å². The lowest BCUT2D eigenvalue weighted by molar-refractivity contribution is -0.144. The quantitative estimate of drug-likeness (QED) is 0.869. The Morgan fingerprint density at radius 1 is 1.35 bits per heavy atom. The lowest BCUT2D eigenvalue weighted by atomic mass is 10.1. The van der Waals surface area contributed by atoms with Crippen LogP contribution in [0, 0.1) is 0 Å². The first kappa shape index (κ1) is 14.2. The van der Waals surface area contributed by atoms with Gasteiger partial charge in [-0.15, -0.1) is 0 Å². The molecule has 0 aliphatic carbocycles. The average molecular weight is 300 g/mol. The molecule has 1 N–H and O–H groups in total. The molecule has 0 radical (unpaired) electrons. The predicted octanol–water partition coefficient (Wildman–Crippen LogP) is 2.88. The van der Waals surface area contributed by atoms with Gasteiger partial charge in [-0.3, -0.25) is 4.79 Å². The molecular formula is C13H18BrNO2. The summed E-state index contributed by atoms with van der Waals surface area (Å²) in [5, 5.41) is 3.09. The number of benzene rings is 1. The highest BCUT2D eigenvalue weighted by Crippen LogP contribution is 2.16. The van der Waals surface area contributed by atoms with Crippen LogP contribution in [0.25, 0.3) is 0 Å². The zero-order valence-electron chi connectivity index (χ0n) is 10.4. The molecule has 17 heavy (non-hydrogen) atoms. The van der Waals surface area contributed by atoms with Crippen LogP contribution in [-0.2, 0) is 16.1 Å². The van der Waals surface area contributed by atoms with Gasteiger partial charge in [0.05, 0.1) is 6.54 Å². The van der Waals surface area contributed by atoms with Crippen LogP contribution in [0.3, 0.4) is 0 Å². The number of rotatable bonds is 4. The fourth-order valence-corrected chi connectivity index (χ4v) is 1.56. The van der Waals surface area contributed by atoms with Gasteiger partial charge in [-0.1, -0.05) is 34.1 Å². The maximum atomic E-state index is 11.5. The zero-order chi connectivity index (χ0) is 12.9. The van der Waals surface area contributed by atoms with Crippen LogP contribution in [0.5, 0.6) is 0 Å². The third-order valence-electron chi connectivity index (χ3n) is 2.11. The molecular weight excluding hydrogens is 282 g/mol. The number of nitrogens with one attached hydrogen (secondary N) is 1. The Balaban J connectivity index is 2.36. The highest BCUT2D eigenvalue weighted by atomic mass is 79.9. The molecule has 0 fully saturated rings. The van der Waals surface area contributed by atoms with E-state index in [9.17, 15) is 4.79 Å². The van der Waals surface area contributed by atoms with Crippen molar-refractivity contribution in [1.82, 2.24) is 5.32 Å². The molecule has 0 saturated carbocycles. The summed E-state index contributed by atoms with van der Waals surface area (Å²) in [6.07, 6.45) is 0. The van der Waals surface area contributed by atoms with Crippen LogP contribution in [-0.4, -0.2) is 18.1 Å². The van der Waals surface area contributed by atoms with E-state index in [0.29, 0.717) is 6.61 Å². The van der Waals surface area contributed by atoms with E-state index in [2.05, 4.69) is 21.2 Å². The first-order valence-corrected chi connectivity index (χ1v) is 6.32. The Bertz CT molecular complexity index is 385. The van der Waals surface area contributed by atoms with E-state index in [1.54, 1.807) is 0 Å². The van der Waals surface area contributed by atoms with Crippen molar-refractivity contribution in [3.05, 3.63) is 34.3 Å². The molecule has 3 nitrogen and oxygen atoms in total. The highest BCUT2D eigenvalue weighted by Gasteiger charge is 2.12. The second-order valence-corrected chi connectivity index (χ2v) is 5.71. The molecule has 0 aromatic heterocycles. The summed E-state index contributed by atoms with van der Waals surface area (Å²) in [6.45, 7) is 6.55. The molecule has 0 bridgehead atoms. The average Bonchev–Trinajstić information content (AvgIpc) is 2.24. The van der Waals surface area contributed by atoms with Crippen molar-refractivity contribution < 1.29 is 9.53 Å². The van der Waals surface area contributed by atoms with E-state index < -0.39 is 0 Å². The topological polar surface area (TPSA) is 38.3 Å². The van der Waals surface area contributed by atoms with Crippen LogP contribution in [0.4, 0.5) is 0 Å². The molecule has 0 aliphatic rings. The third kappa shape index (κ3) is 5.84. The predicted molar refractivity (Wildman–Crippen MR) is 71.7 cm³/mol. The van der Waals surface area contributed by atoms with Gasteiger partial charge in [0.1, 0.15) is 6.61 Å². The minimum Gasteiger partial charge on any atom is -0.460 e. The van der Waals surface area contributed by atoms with Crippen molar-refractivity contribution in [3.63, 3.8) is 0 Å². The molecule has 1 aromatic carbocycles. The summed E-state index contributed by atoms with van der Waals surface area (Å²) in [5.74, 6) is -0.240. The Morgan fingerprint density at radius 2 is 2.00 bits per heavy atom. The number of hydrogen-bond donors (Lipinski definition) is 1. The molecule has 0 aliphatic heterocycles. The maximum Gasteiger partial charge on any atom is 0.320 e. The Kier molecular flexibility index (Phi) is 5.15. The second kappa shape index (κ2) is 6.17. The van der Waals surface area contributed by atoms with Crippen LogP contribution in [0.1, 0.15) is 26.3 Å². The SMILES string of the molecule is CC(C)(C)NCC(=O)OCc1ccccc1Br. The molecule has 0 spiro atoms. The normalized spacial score (nSPS) is 11.3. The van der Waals surface area contributed by atoms with Gasteiger partial charge in [-0.2, -0.15) is 0 Å². The van der Waals surface area contributed by atoms with Crippen LogP contribution in [0.2, 0.25) is 0 Å². The van der Waals surface area contributed by atoms with Crippen molar-refractivity contribution in [2.24, 2.45) is 0 Å². The van der Waals surface area contributed by atoms with Crippen molar-refractivity contribution in [2.75, 3.05) is 6.54 Å². The number of hydrogen-bond acceptors (Lipinski definition) is 3. The Morgan fingerprint density at radius 3 is 2.59 bits per heavy atom. The van der Waals surface area contributed by atoms with Gasteiger partial charge in [0.2, 0.25) is 0 Å². The van der Waals surface area contributed by atoms with Crippen molar-refractivity contribution in [2.45, 2.75) is 32.9 Å². The third-order valence-corrected chi connectivity index (χ3v) is 2.88. The summed E-state index contributed by atoms with van der Waals surface area (Å²) in [7, 11) is 0. The zero-order valence-corrected chi connectivity index (χ0v) is 12.0. The Labute approximate surface area is 111 Å². The second-order valence-electron chi connectivity index (χ2n) is 4.86. The van der Waals surface area contributed by atoms with E-state index in [1.165, 1.54) is 0 Å². The van der Waals surface area contributed by atoms with Gasteiger partial charge in [0.15, 0.2) is 0 Å². The fourth-order valence-electron chi connectivity index (χ4n) is 1.16. The largest absolute Gasteiger partial charge is 0.460 e. The van der Waals surface area contributed by atoms with Crippen molar-refractivity contribution >= 4 is 21.9 Å². The standard InChI is InChI=1S/C13H18BrNO2/c1-13(2,3)15-8-12(16)17-9-10-6-4-5-7-11(10)14/h4-7,15H,8-9H2,1-3H3. The summed E-state index contributed by atoms with van der Waals surface area (Å²) >= 11 is 3.41. The van der Waals surface area contributed by atoms with Crippen LogP contribution < -0.4 is 5.32 Å². The summed E-state index contributed by atoms with van der Waals surface area (Å²) in [5.41, 5.74) is 0.892. The summed E-state index contributed by atoms with van der Waals surface area (Å²) < 4.78 is 6.13. The number of halogens is 1. The molecule has 4 heteroatoms. The number of carbonyl (C=O) groups is 1. The van der Waals surface area contributed by atoms with Gasteiger partial charge < -0.3 is 10.1 Å². The lowest BCUT2D eigenvalue weighted by Gasteiger charge is -2.19. The summed E-state index contributed by atoms with van der Waals surface area (Å²) in [6, 6.07) is 7.70. The smallest absolute Gasteiger partial charge is 0.320 e. The molecule has 0 unspecified atom stereocenters. The van der Waals surface area contributed by atoms with Gasteiger partial charge in [0.25, 0.3) is 0 Å². The van der Waals surface area contributed by atoms with E-state index in [-0.39, 0.29) is 18.1 Å². The molecule has 1 aromatic rings. The molecule has 1 rings (SSSR count).